The maximum absolute atomic E-state index is 12.4. The number of benzene rings is 3. The van der Waals surface area contributed by atoms with Crippen LogP contribution in [0.1, 0.15) is 11.1 Å². The molecule has 0 amide bonds. The zero-order valence-electron chi connectivity index (χ0n) is 17.0. The normalized spacial score (nSPS) is 10.5. The van der Waals surface area contributed by atoms with Crippen LogP contribution in [0.2, 0.25) is 0 Å². The van der Waals surface area contributed by atoms with Gasteiger partial charge in [0.1, 0.15) is 23.0 Å². The predicted molar refractivity (Wildman–Crippen MR) is 120 cm³/mol. The number of ketones is 1. The maximum Gasteiger partial charge on any atom is 0.188 e. The molecule has 0 radical (unpaired) electrons. The van der Waals surface area contributed by atoms with Crippen LogP contribution < -0.4 is 9.47 Å². The van der Waals surface area contributed by atoms with Crippen molar-refractivity contribution in [1.82, 2.24) is 4.98 Å². The van der Waals surface area contributed by atoms with Gasteiger partial charge in [-0.1, -0.05) is 30.3 Å². The van der Waals surface area contributed by atoms with Crippen LogP contribution in [0, 0.1) is 6.57 Å². The Hall–Kier alpha value is -4.17. The van der Waals surface area contributed by atoms with Gasteiger partial charge in [-0.2, -0.15) is 0 Å². The Morgan fingerprint density at radius 3 is 2.16 bits per heavy atom. The molecule has 4 aromatic rings. The third kappa shape index (κ3) is 4.88. The fraction of sp³-hybridized carbons (Fsp3) is 0.115. The van der Waals surface area contributed by atoms with Crippen LogP contribution in [-0.4, -0.2) is 17.9 Å². The Labute approximate surface area is 180 Å². The minimum atomic E-state index is 0.144. The van der Waals surface area contributed by atoms with Crippen LogP contribution in [0.25, 0.3) is 15.7 Å². The molecule has 1 aromatic heterocycles. The van der Waals surface area contributed by atoms with Gasteiger partial charge in [0.15, 0.2) is 5.69 Å². The average Bonchev–Trinajstić information content (AvgIpc) is 2.80. The van der Waals surface area contributed by atoms with Crippen molar-refractivity contribution in [2.45, 2.75) is 12.8 Å². The molecule has 0 unspecified atom stereocenters. The monoisotopic (exact) mass is 408 g/mol. The van der Waals surface area contributed by atoms with Crippen molar-refractivity contribution in [3.63, 3.8) is 0 Å². The number of nitrogens with zero attached hydrogens (tertiary/aromatic N) is 2. The number of rotatable bonds is 7. The zero-order chi connectivity index (χ0) is 21.6. The summed E-state index contributed by atoms with van der Waals surface area (Å²) in [7, 11) is 1.62. The molecule has 0 fully saturated rings. The Bertz CT molecular complexity index is 1260. The van der Waals surface area contributed by atoms with Gasteiger partial charge in [-0.15, -0.1) is 0 Å². The van der Waals surface area contributed by atoms with Crippen molar-refractivity contribution in [3.8, 4) is 17.2 Å². The lowest BCUT2D eigenvalue weighted by Crippen LogP contribution is -2.06. The number of hydrogen-bond donors (Lipinski definition) is 0. The second-order valence-electron chi connectivity index (χ2n) is 7.11. The smallest absolute Gasteiger partial charge is 0.188 e. The van der Waals surface area contributed by atoms with Gasteiger partial charge in [-0.3, -0.25) is 9.78 Å². The molecule has 4 rings (SSSR count). The maximum atomic E-state index is 12.4. The lowest BCUT2D eigenvalue weighted by Gasteiger charge is -2.10. The van der Waals surface area contributed by atoms with Gasteiger partial charge in [-0.05, 0) is 53.6 Å². The van der Waals surface area contributed by atoms with E-state index in [1.165, 1.54) is 0 Å². The second kappa shape index (κ2) is 9.10. The van der Waals surface area contributed by atoms with E-state index >= 15 is 0 Å². The van der Waals surface area contributed by atoms with E-state index in [0.29, 0.717) is 30.0 Å². The summed E-state index contributed by atoms with van der Waals surface area (Å²) in [4.78, 5) is 20.2. The predicted octanol–water partition coefficient (Wildman–Crippen LogP) is 5.94. The first kappa shape index (κ1) is 20.1. The van der Waals surface area contributed by atoms with Crippen molar-refractivity contribution >= 4 is 22.4 Å². The Morgan fingerprint density at radius 1 is 0.903 bits per heavy atom. The van der Waals surface area contributed by atoms with E-state index in [4.69, 9.17) is 16.0 Å². The molecule has 0 bridgehead atoms. The number of aromatic nitrogens is 1. The highest BCUT2D eigenvalue weighted by Crippen LogP contribution is 2.31. The summed E-state index contributed by atoms with van der Waals surface area (Å²) in [5.74, 6) is 2.22. The lowest BCUT2D eigenvalue weighted by atomic mass is 10.0. The fourth-order valence-corrected chi connectivity index (χ4v) is 3.33. The third-order valence-electron chi connectivity index (χ3n) is 4.93. The third-order valence-corrected chi connectivity index (χ3v) is 4.93. The minimum Gasteiger partial charge on any atom is -0.497 e. The van der Waals surface area contributed by atoms with Crippen molar-refractivity contribution in [1.29, 1.82) is 0 Å². The summed E-state index contributed by atoms with van der Waals surface area (Å²) in [6.45, 7) is 7.21. The molecule has 1 heterocycles. The second-order valence-corrected chi connectivity index (χ2v) is 7.11. The average molecular weight is 408 g/mol. The Morgan fingerprint density at radius 2 is 1.55 bits per heavy atom. The largest absolute Gasteiger partial charge is 0.497 e. The van der Waals surface area contributed by atoms with Crippen molar-refractivity contribution in [2.75, 3.05) is 7.11 Å². The van der Waals surface area contributed by atoms with Gasteiger partial charge in [-0.25, -0.2) is 4.85 Å². The van der Waals surface area contributed by atoms with Gasteiger partial charge in [0.05, 0.1) is 19.2 Å². The number of Topliss-reactive ketones (excluding diaryl/α,β-unsaturated/α-hetero) is 1. The summed E-state index contributed by atoms with van der Waals surface area (Å²) in [6.07, 6.45) is 2.43. The van der Waals surface area contributed by atoms with Crippen LogP contribution in [0.15, 0.2) is 79.0 Å². The van der Waals surface area contributed by atoms with E-state index in [-0.39, 0.29) is 5.78 Å². The highest BCUT2D eigenvalue weighted by molar-refractivity contribution is 5.88. The number of fused-ring (bicyclic) bond motifs is 1. The summed E-state index contributed by atoms with van der Waals surface area (Å²) < 4.78 is 11.2. The molecule has 3 aromatic carbocycles. The van der Waals surface area contributed by atoms with E-state index in [9.17, 15) is 4.79 Å². The van der Waals surface area contributed by atoms with Crippen LogP contribution >= 0.6 is 0 Å². The number of methoxy groups -OCH3 is 1. The van der Waals surface area contributed by atoms with Crippen LogP contribution in [-0.2, 0) is 17.6 Å². The quantitative estimate of drug-likeness (QED) is 0.355. The first-order valence-electron chi connectivity index (χ1n) is 9.82. The molecular weight excluding hydrogens is 388 g/mol. The standard InChI is InChI=1S/C26H20N2O3/c1-27-20-7-12-25-24(17-20)26(13-14-28-25)31-23-10-5-19(6-11-23)16-21(29)15-18-3-8-22(30-2)9-4-18/h3-14,17H,15-16H2,2H3. The highest BCUT2D eigenvalue weighted by Gasteiger charge is 2.08. The number of ether oxygens (including phenoxy) is 2. The summed E-state index contributed by atoms with van der Waals surface area (Å²) in [5.41, 5.74) is 3.21. The summed E-state index contributed by atoms with van der Waals surface area (Å²) >= 11 is 0. The van der Waals surface area contributed by atoms with Crippen molar-refractivity contribution in [2.24, 2.45) is 0 Å². The minimum absolute atomic E-state index is 0.144. The molecule has 0 N–H and O–H groups in total. The molecule has 0 saturated carbocycles. The summed E-state index contributed by atoms with van der Waals surface area (Å²) in [6, 6.07) is 22.1. The van der Waals surface area contributed by atoms with Crippen molar-refractivity contribution < 1.29 is 14.3 Å². The molecule has 0 aliphatic rings. The van der Waals surface area contributed by atoms with E-state index in [1.54, 1.807) is 31.5 Å². The molecule has 0 aliphatic carbocycles. The molecule has 0 saturated heterocycles. The molecule has 0 atom stereocenters. The number of carbonyl (C=O) groups is 1. The molecule has 5 nitrogen and oxygen atoms in total. The number of pyridine rings is 1. The molecule has 0 spiro atoms. The van der Waals surface area contributed by atoms with Crippen LogP contribution in [0.4, 0.5) is 5.69 Å². The van der Waals surface area contributed by atoms with Gasteiger partial charge < -0.3 is 9.47 Å². The van der Waals surface area contributed by atoms with Gasteiger partial charge in [0.2, 0.25) is 0 Å². The molecular formula is C26H20N2O3. The van der Waals surface area contributed by atoms with Gasteiger partial charge >= 0.3 is 0 Å². The van der Waals surface area contributed by atoms with Crippen LogP contribution in [0.5, 0.6) is 17.2 Å². The lowest BCUT2D eigenvalue weighted by molar-refractivity contribution is -0.117. The van der Waals surface area contributed by atoms with E-state index in [0.717, 1.165) is 27.8 Å². The van der Waals surface area contributed by atoms with Gasteiger partial charge in [0.25, 0.3) is 0 Å². The first-order valence-corrected chi connectivity index (χ1v) is 9.82. The molecule has 152 valence electrons. The SMILES string of the molecule is [C-]#[N+]c1ccc2nccc(Oc3ccc(CC(=O)Cc4ccc(OC)cc4)cc3)c2c1. The number of hydrogen-bond acceptors (Lipinski definition) is 4. The number of carbonyl (C=O) groups excluding carboxylic acids is 1. The molecule has 5 heteroatoms. The van der Waals surface area contributed by atoms with Crippen molar-refractivity contribution in [3.05, 3.63) is 102 Å². The van der Waals surface area contributed by atoms with E-state index < -0.39 is 0 Å². The fourth-order valence-electron chi connectivity index (χ4n) is 3.33. The van der Waals surface area contributed by atoms with Gasteiger partial charge in [0, 0.05) is 24.4 Å². The zero-order valence-corrected chi connectivity index (χ0v) is 17.0. The van der Waals surface area contributed by atoms with Crippen LogP contribution in [0.3, 0.4) is 0 Å². The topological polar surface area (TPSA) is 52.8 Å². The Kier molecular flexibility index (Phi) is 5.91. The molecule has 0 aliphatic heterocycles. The van der Waals surface area contributed by atoms with E-state index in [2.05, 4.69) is 9.83 Å². The summed E-state index contributed by atoms with van der Waals surface area (Å²) in [5, 5.41) is 0.787. The Balaban J connectivity index is 1.43. The van der Waals surface area contributed by atoms with E-state index in [1.807, 2.05) is 54.6 Å². The molecule has 31 heavy (non-hydrogen) atoms. The highest BCUT2D eigenvalue weighted by atomic mass is 16.5. The first-order chi connectivity index (χ1) is 15.1.